The molecule has 0 fully saturated rings. The topological polar surface area (TPSA) is 52.6 Å². The first kappa shape index (κ1) is 12.9. The molecule has 0 saturated heterocycles. The van der Waals surface area contributed by atoms with Gasteiger partial charge in [-0.2, -0.15) is 0 Å². The number of hydrogen-bond donors (Lipinski definition) is 1. The lowest BCUT2D eigenvalue weighted by atomic mass is 10.3. The minimum absolute atomic E-state index is 0.216. The number of methoxy groups -OCH3 is 3. The van der Waals surface area contributed by atoms with E-state index in [1.165, 1.54) is 0 Å². The standard InChI is InChI=1S/C11H18N2O3/c1-14-10-5-4-9(7-13-10)6-12-8-11(15-2)16-3/h4-5,7,11-12H,6,8H2,1-3H3. The molecule has 0 unspecified atom stereocenters. The van der Waals surface area contributed by atoms with Gasteiger partial charge in [-0.25, -0.2) is 4.98 Å². The molecular formula is C11H18N2O3. The Bertz CT molecular complexity index is 286. The Morgan fingerprint density at radius 1 is 1.25 bits per heavy atom. The molecule has 16 heavy (non-hydrogen) atoms. The number of nitrogens with one attached hydrogen (secondary N) is 1. The van der Waals surface area contributed by atoms with Crippen LogP contribution in [0.3, 0.4) is 0 Å². The van der Waals surface area contributed by atoms with Crippen molar-refractivity contribution in [1.82, 2.24) is 10.3 Å². The molecule has 90 valence electrons. The number of rotatable bonds is 7. The summed E-state index contributed by atoms with van der Waals surface area (Å²) in [4.78, 5) is 4.11. The van der Waals surface area contributed by atoms with E-state index in [1.54, 1.807) is 27.5 Å². The van der Waals surface area contributed by atoms with Crippen molar-refractivity contribution < 1.29 is 14.2 Å². The van der Waals surface area contributed by atoms with Crippen molar-refractivity contribution >= 4 is 0 Å². The van der Waals surface area contributed by atoms with Gasteiger partial charge < -0.3 is 19.5 Å². The van der Waals surface area contributed by atoms with Crippen LogP contribution in [0.25, 0.3) is 0 Å². The number of pyridine rings is 1. The maximum absolute atomic E-state index is 5.05. The number of nitrogens with zero attached hydrogens (tertiary/aromatic N) is 1. The highest BCUT2D eigenvalue weighted by atomic mass is 16.7. The second-order valence-corrected chi connectivity index (χ2v) is 3.24. The summed E-state index contributed by atoms with van der Waals surface area (Å²) in [5.74, 6) is 0.621. The lowest BCUT2D eigenvalue weighted by Crippen LogP contribution is -2.29. The molecule has 0 saturated carbocycles. The van der Waals surface area contributed by atoms with E-state index in [1.807, 2.05) is 12.1 Å². The van der Waals surface area contributed by atoms with Gasteiger partial charge in [0.2, 0.25) is 5.88 Å². The molecule has 5 heteroatoms. The first-order valence-corrected chi connectivity index (χ1v) is 5.05. The van der Waals surface area contributed by atoms with E-state index in [-0.39, 0.29) is 6.29 Å². The van der Waals surface area contributed by atoms with Crippen LogP contribution in [0.4, 0.5) is 0 Å². The molecule has 0 atom stereocenters. The highest BCUT2D eigenvalue weighted by Crippen LogP contribution is 2.06. The normalized spacial score (nSPS) is 10.8. The van der Waals surface area contributed by atoms with E-state index in [0.717, 1.165) is 12.1 Å². The summed E-state index contributed by atoms with van der Waals surface area (Å²) in [6.07, 6.45) is 1.56. The number of aromatic nitrogens is 1. The van der Waals surface area contributed by atoms with Gasteiger partial charge in [0, 0.05) is 39.6 Å². The average molecular weight is 226 g/mol. The van der Waals surface area contributed by atoms with E-state index < -0.39 is 0 Å². The zero-order valence-electron chi connectivity index (χ0n) is 9.90. The predicted molar refractivity (Wildman–Crippen MR) is 60.3 cm³/mol. The van der Waals surface area contributed by atoms with Crippen molar-refractivity contribution in [1.29, 1.82) is 0 Å². The van der Waals surface area contributed by atoms with Gasteiger partial charge in [0.1, 0.15) is 0 Å². The smallest absolute Gasteiger partial charge is 0.212 e. The molecule has 1 rings (SSSR count). The van der Waals surface area contributed by atoms with Crippen molar-refractivity contribution in [3.05, 3.63) is 23.9 Å². The third kappa shape index (κ3) is 4.14. The maximum Gasteiger partial charge on any atom is 0.212 e. The second-order valence-electron chi connectivity index (χ2n) is 3.24. The van der Waals surface area contributed by atoms with Crippen LogP contribution in [0.5, 0.6) is 5.88 Å². The zero-order chi connectivity index (χ0) is 11.8. The SMILES string of the molecule is COc1ccc(CNCC(OC)OC)cn1. The summed E-state index contributed by atoms with van der Waals surface area (Å²) in [5, 5.41) is 3.21. The van der Waals surface area contributed by atoms with Crippen LogP contribution < -0.4 is 10.1 Å². The van der Waals surface area contributed by atoms with Gasteiger partial charge in [0.25, 0.3) is 0 Å². The van der Waals surface area contributed by atoms with Crippen LogP contribution in [-0.2, 0) is 16.0 Å². The van der Waals surface area contributed by atoms with Gasteiger partial charge in [0.15, 0.2) is 6.29 Å². The van der Waals surface area contributed by atoms with Crippen LogP contribution in [0.2, 0.25) is 0 Å². The first-order valence-electron chi connectivity index (χ1n) is 5.05. The fourth-order valence-electron chi connectivity index (χ4n) is 1.23. The largest absolute Gasteiger partial charge is 0.481 e. The minimum atomic E-state index is -0.216. The second kappa shape index (κ2) is 7.16. The third-order valence-corrected chi connectivity index (χ3v) is 2.17. The lowest BCUT2D eigenvalue weighted by molar-refractivity contribution is -0.0989. The van der Waals surface area contributed by atoms with E-state index in [2.05, 4.69) is 10.3 Å². The van der Waals surface area contributed by atoms with Crippen molar-refractivity contribution in [3.8, 4) is 5.88 Å². The Morgan fingerprint density at radius 3 is 2.50 bits per heavy atom. The van der Waals surface area contributed by atoms with Crippen LogP contribution in [0.15, 0.2) is 18.3 Å². The highest BCUT2D eigenvalue weighted by molar-refractivity contribution is 5.17. The van der Waals surface area contributed by atoms with Crippen LogP contribution in [0, 0.1) is 0 Å². The zero-order valence-corrected chi connectivity index (χ0v) is 9.90. The number of ether oxygens (including phenoxy) is 3. The predicted octanol–water partition coefficient (Wildman–Crippen LogP) is 0.799. The van der Waals surface area contributed by atoms with Crippen molar-refractivity contribution in [2.45, 2.75) is 12.8 Å². The molecule has 0 aliphatic rings. The molecule has 0 aliphatic heterocycles. The summed E-state index contributed by atoms with van der Waals surface area (Å²) >= 11 is 0. The minimum Gasteiger partial charge on any atom is -0.481 e. The van der Waals surface area contributed by atoms with Crippen molar-refractivity contribution in [2.75, 3.05) is 27.9 Å². The Kier molecular flexibility index (Phi) is 5.77. The van der Waals surface area contributed by atoms with Crippen molar-refractivity contribution in [2.24, 2.45) is 0 Å². The number of hydrogen-bond acceptors (Lipinski definition) is 5. The monoisotopic (exact) mass is 226 g/mol. The highest BCUT2D eigenvalue weighted by Gasteiger charge is 2.03. The molecule has 0 aromatic carbocycles. The van der Waals surface area contributed by atoms with Crippen molar-refractivity contribution in [3.63, 3.8) is 0 Å². The van der Waals surface area contributed by atoms with Gasteiger partial charge in [-0.05, 0) is 5.56 Å². The van der Waals surface area contributed by atoms with Crippen LogP contribution in [-0.4, -0.2) is 39.1 Å². The molecule has 0 bridgehead atoms. The Morgan fingerprint density at radius 2 is 2.00 bits per heavy atom. The summed E-state index contributed by atoms with van der Waals surface area (Å²) in [6.45, 7) is 1.36. The van der Waals surface area contributed by atoms with Gasteiger partial charge in [-0.15, -0.1) is 0 Å². The van der Waals surface area contributed by atoms with Gasteiger partial charge in [0.05, 0.1) is 7.11 Å². The Balaban J connectivity index is 2.31. The Hall–Kier alpha value is -1.17. The molecule has 1 N–H and O–H groups in total. The van der Waals surface area contributed by atoms with E-state index in [0.29, 0.717) is 12.4 Å². The van der Waals surface area contributed by atoms with Gasteiger partial charge >= 0.3 is 0 Å². The molecule has 0 spiro atoms. The molecule has 0 amide bonds. The van der Waals surface area contributed by atoms with E-state index >= 15 is 0 Å². The summed E-state index contributed by atoms with van der Waals surface area (Å²) in [6, 6.07) is 3.80. The Labute approximate surface area is 95.7 Å². The fraction of sp³-hybridized carbons (Fsp3) is 0.545. The van der Waals surface area contributed by atoms with E-state index in [9.17, 15) is 0 Å². The van der Waals surface area contributed by atoms with E-state index in [4.69, 9.17) is 14.2 Å². The molecule has 0 radical (unpaired) electrons. The molecular weight excluding hydrogens is 208 g/mol. The summed E-state index contributed by atoms with van der Waals surface area (Å²) < 4.78 is 15.1. The van der Waals surface area contributed by atoms with Gasteiger partial charge in [-0.1, -0.05) is 6.07 Å². The fourth-order valence-corrected chi connectivity index (χ4v) is 1.23. The maximum atomic E-state index is 5.05. The average Bonchev–Trinajstić information content (AvgIpc) is 2.35. The molecule has 1 aromatic rings. The van der Waals surface area contributed by atoms with Gasteiger partial charge in [-0.3, -0.25) is 0 Å². The van der Waals surface area contributed by atoms with Crippen LogP contribution >= 0.6 is 0 Å². The first-order chi connectivity index (χ1) is 7.80. The molecule has 0 aliphatic carbocycles. The van der Waals surface area contributed by atoms with Crippen LogP contribution in [0.1, 0.15) is 5.56 Å². The summed E-state index contributed by atoms with van der Waals surface area (Å²) in [7, 11) is 4.83. The molecule has 1 heterocycles. The third-order valence-electron chi connectivity index (χ3n) is 2.17. The molecule has 1 aromatic heterocycles. The molecule has 5 nitrogen and oxygen atoms in total. The lowest BCUT2D eigenvalue weighted by Gasteiger charge is -2.13. The summed E-state index contributed by atoms with van der Waals surface area (Å²) in [5.41, 5.74) is 1.09. The quantitative estimate of drug-likeness (QED) is 0.697.